The predicted molar refractivity (Wildman–Crippen MR) is 467 cm³/mol. The van der Waals surface area contributed by atoms with Gasteiger partial charge in [0, 0.05) is 58.2 Å². The number of nitrogens with one attached hydrogen (secondary N) is 8. The lowest BCUT2D eigenvalue weighted by molar-refractivity contribution is -0.334. The van der Waals surface area contributed by atoms with Gasteiger partial charge in [-0.15, -0.1) is 0 Å². The van der Waals surface area contributed by atoms with Crippen molar-refractivity contribution in [2.45, 2.75) is 213 Å². The Morgan fingerprint density at radius 1 is 0.644 bits per heavy atom. The third-order valence-electron chi connectivity index (χ3n) is 23.8. The van der Waals surface area contributed by atoms with E-state index in [1.54, 1.807) is 19.1 Å². The first-order valence-corrected chi connectivity index (χ1v) is 43.2. The van der Waals surface area contributed by atoms with E-state index in [4.69, 9.17) is 93.6 Å². The summed E-state index contributed by atoms with van der Waals surface area (Å²) in [6.45, 7) is 8.19. The molecule has 0 aliphatic carbocycles. The van der Waals surface area contributed by atoms with Crippen molar-refractivity contribution in [3.63, 3.8) is 0 Å². The SMILES string of the molecule is CN[C@H](CC(C)C)C(=O)NC1C(=O)N[C@@H](CC(N)=O)C(=O)N[C@H]2C(=O)NC3C(=O)N[C@H](C(=O)N[C@@H](C(=O)O)c4cc(O)cc(O)c4-c4cc3ccc4O)[C@H](OC3CC(C)(N)C(O)C(C)O3)c3ccc(c(Cl)c3)Oc3cc2cc(c3OC2OC(CO)C(O)C(O)C2OC2CC(C)(NCC(OCc3ccc(-c4ccc(Cl)cc4)cc3)C(=O)OC)C(O)C(C)O2)Oc2ccc(cc2Cl)[C@H]1O. The number of carbonyl (C=O) groups excluding carboxylic acids is 8. The largest absolute Gasteiger partial charge is 0.508 e. The maximum Gasteiger partial charge on any atom is 0.336 e. The van der Waals surface area contributed by atoms with E-state index in [1.165, 1.54) is 52.1 Å². The van der Waals surface area contributed by atoms with Crippen molar-refractivity contribution in [2.24, 2.45) is 17.4 Å². The number of fused-ring (bicyclic) bond motifs is 15. The Kier molecular flexibility index (Phi) is 30.6. The van der Waals surface area contributed by atoms with Crippen molar-refractivity contribution in [1.29, 1.82) is 0 Å². The predicted octanol–water partition coefficient (Wildman–Crippen LogP) is 4.05. The number of rotatable bonds is 23. The Bertz CT molecular complexity index is 5490. The van der Waals surface area contributed by atoms with Gasteiger partial charge in [-0.1, -0.05) is 103 Å². The summed E-state index contributed by atoms with van der Waals surface area (Å²) in [4.78, 5) is 135. The molecule has 7 aromatic rings. The molecule has 0 spiro atoms. The second-order valence-electron chi connectivity index (χ2n) is 34.1. The Labute approximate surface area is 770 Å². The normalized spacial score (nSPS) is 29.0. The number of aromatic hydroxyl groups is 3. The average Bonchev–Trinajstić information content (AvgIpc) is 0.766. The molecule has 3 fully saturated rings. The van der Waals surface area contributed by atoms with E-state index in [0.717, 1.165) is 72.8 Å². The van der Waals surface area contributed by atoms with Gasteiger partial charge in [0.25, 0.3) is 0 Å². The molecular weight excluding hydrogens is 1790 g/mol. The molecular formula is C90H103Cl3N10O29. The van der Waals surface area contributed by atoms with Crippen molar-refractivity contribution in [2.75, 3.05) is 27.3 Å². The summed E-state index contributed by atoms with van der Waals surface area (Å²) in [5.74, 6) is -17.3. The number of hydrogen-bond acceptors (Lipinski definition) is 31. The van der Waals surface area contributed by atoms with Gasteiger partial charge in [-0.05, 0) is 153 Å². The number of aliphatic hydroxyl groups excluding tert-OH is 6. The monoisotopic (exact) mass is 1890 g/mol. The topological polar surface area (TPSA) is 597 Å². The van der Waals surface area contributed by atoms with E-state index in [9.17, 15) is 70.2 Å². The van der Waals surface area contributed by atoms with Crippen molar-refractivity contribution in [3.8, 4) is 68.2 Å². The molecule has 708 valence electrons. The first-order chi connectivity index (χ1) is 62.5. The molecule has 8 aliphatic heterocycles. The van der Waals surface area contributed by atoms with Crippen LogP contribution >= 0.6 is 34.8 Å². The van der Waals surface area contributed by atoms with Crippen LogP contribution in [-0.4, -0.2) is 241 Å². The second kappa shape index (κ2) is 41.1. The van der Waals surface area contributed by atoms with Crippen LogP contribution in [0, 0.1) is 5.92 Å². The Morgan fingerprint density at radius 3 is 1.85 bits per heavy atom. The molecule has 8 aliphatic rings. The van der Waals surface area contributed by atoms with Crippen LogP contribution < -0.4 is 68.2 Å². The molecule has 7 amide bonds. The smallest absolute Gasteiger partial charge is 0.336 e. The number of phenols is 3. The van der Waals surface area contributed by atoms with Gasteiger partial charge in [-0.25, -0.2) is 9.59 Å². The van der Waals surface area contributed by atoms with Gasteiger partial charge in [-0.3, -0.25) is 33.6 Å². The number of methoxy groups -OCH3 is 1. The molecule has 132 heavy (non-hydrogen) atoms. The van der Waals surface area contributed by atoms with Gasteiger partial charge in [0.2, 0.25) is 53.4 Å². The van der Waals surface area contributed by atoms with E-state index < -0.39 is 284 Å². The van der Waals surface area contributed by atoms with Gasteiger partial charge in [0.1, 0.15) is 89.5 Å². The van der Waals surface area contributed by atoms with Crippen LogP contribution in [0.3, 0.4) is 0 Å². The van der Waals surface area contributed by atoms with Crippen LogP contribution in [-0.2, 0) is 82.9 Å². The molecule has 7 aromatic carbocycles. The number of amides is 7. The summed E-state index contributed by atoms with van der Waals surface area (Å²) in [6.07, 6.45) is -25.4. The molecule has 16 unspecified atom stereocenters. The van der Waals surface area contributed by atoms with Gasteiger partial charge < -0.3 is 152 Å². The summed E-state index contributed by atoms with van der Waals surface area (Å²) in [5.41, 5.74) is 9.03. The highest BCUT2D eigenvalue weighted by atomic mass is 35.5. The van der Waals surface area contributed by atoms with Crippen LogP contribution in [0.4, 0.5) is 0 Å². The fraction of sp³-hybridized carbons (Fsp3) is 0.433. The molecule has 8 heterocycles. The number of primary amides is 1. The molecule has 0 saturated carbocycles. The lowest BCUT2D eigenvalue weighted by Crippen LogP contribution is -2.66. The third-order valence-corrected chi connectivity index (χ3v) is 24.7. The number of hydrogen-bond donors (Lipinski definition) is 20. The first kappa shape index (κ1) is 98.3. The molecule has 15 rings (SSSR count). The van der Waals surface area contributed by atoms with E-state index in [1.807, 2.05) is 50.2 Å². The zero-order chi connectivity index (χ0) is 95.5. The number of carbonyl (C=O) groups is 9. The number of phenolic OH excluding ortho intramolecular Hbond substituents is 3. The highest BCUT2D eigenvalue weighted by Crippen LogP contribution is 2.51. The highest BCUT2D eigenvalue weighted by Gasteiger charge is 2.54. The molecule has 11 bridgehead atoms. The van der Waals surface area contributed by atoms with Gasteiger partial charge >= 0.3 is 11.9 Å². The van der Waals surface area contributed by atoms with Crippen LogP contribution in [0.2, 0.25) is 15.1 Å². The lowest BCUT2D eigenvalue weighted by Gasteiger charge is -2.48. The minimum atomic E-state index is -2.43. The molecule has 22 N–H and O–H groups in total. The van der Waals surface area contributed by atoms with Crippen LogP contribution in [0.5, 0.6) is 46.0 Å². The van der Waals surface area contributed by atoms with Gasteiger partial charge in [0.15, 0.2) is 42.3 Å². The number of aliphatic carboxylic acids is 1. The summed E-state index contributed by atoms with van der Waals surface area (Å²) < 4.78 is 64.2. The van der Waals surface area contributed by atoms with E-state index in [0.29, 0.717) is 10.6 Å². The van der Waals surface area contributed by atoms with Gasteiger partial charge in [0.05, 0.1) is 67.2 Å². The number of benzene rings is 7. The van der Waals surface area contributed by atoms with Crippen LogP contribution in [0.1, 0.15) is 131 Å². The maximum absolute atomic E-state index is 16.6. The number of likely N-dealkylation sites (N-methyl/N-ethyl adjacent to an activating group) is 1. The average molecular weight is 1900 g/mol. The first-order valence-electron chi connectivity index (χ1n) is 42.1. The van der Waals surface area contributed by atoms with Crippen molar-refractivity contribution >= 4 is 88.1 Å². The molecule has 0 radical (unpaired) electrons. The quantitative estimate of drug-likeness (QED) is 0.0402. The zero-order valence-corrected chi connectivity index (χ0v) is 74.6. The molecule has 23 atom stereocenters. The van der Waals surface area contributed by atoms with Crippen LogP contribution in [0.15, 0.2) is 127 Å². The molecule has 39 nitrogen and oxygen atoms in total. The summed E-state index contributed by atoms with van der Waals surface area (Å²) in [5, 5.41) is 138. The summed E-state index contributed by atoms with van der Waals surface area (Å²) in [6, 6.07) is 13.8. The highest BCUT2D eigenvalue weighted by molar-refractivity contribution is 6.32. The number of halogens is 3. The number of nitrogens with two attached hydrogens (primary N) is 2. The number of aliphatic hydroxyl groups is 6. The Balaban J connectivity index is 0.988. The van der Waals surface area contributed by atoms with E-state index in [2.05, 4.69) is 42.5 Å². The van der Waals surface area contributed by atoms with Crippen LogP contribution in [0.25, 0.3) is 22.3 Å². The fourth-order valence-electron chi connectivity index (χ4n) is 16.7. The van der Waals surface area contributed by atoms with Gasteiger partial charge in [-0.2, -0.15) is 0 Å². The molecule has 3 saturated heterocycles. The number of carboxylic acids is 1. The Morgan fingerprint density at radius 2 is 1.24 bits per heavy atom. The number of esters is 1. The standard InChI is InChI=1S/C90H103Cl3N10O29/c1-37(2)23-53(96-7)80(114)102-70-72(109)44-16-21-57(51(92)25-44)127-59-27-46-28-60(76(59)132-88-77(74(111)73(110)62(35-104)129-88)131-65-33-90(6,79(113)39(4)126-65)97-34-61(87(122)123-8)124-36-40-9-11-41(12-10-40)42-13-18-47(91)19-14-42)128-58-22-17-45(26-52(58)93)75(130-64-32-89(5,95)78(112)38(3)125-64)71-85(119)101-69(86(120)121)50-29-48(105)30-56(107)66(50)49-24-43(15-20-55(49)106)67(82(116)103-71)100-83(117)68(46)99-81(115)54(31-63(94)108)98-84(70)118/h9-22,24-30,37-39,53-54,61-62,64-65,67-75,77-79,88,96-97,104-107,109-113H,23,31-36,95H2,1-8H3,(H2,94,108)(H,98,118)(H,99,115)(H,100,117)(H,101,119)(H,102,114)(H,103,116)(H,120,121)/t38?,39?,53-,54+,61?,62?,64?,65?,67?,68-,69-,70?,71+,72-,73?,74?,75-,77?,78?,79?,88?,89?,90?/m1/s1. The van der Waals surface area contributed by atoms with E-state index >= 15 is 24.0 Å². The van der Waals surface area contributed by atoms with Crippen molar-refractivity contribution in [3.05, 3.63) is 176 Å². The second-order valence-corrected chi connectivity index (χ2v) is 35.3. The third kappa shape index (κ3) is 21.8. The minimum Gasteiger partial charge on any atom is -0.508 e. The lowest BCUT2D eigenvalue weighted by atomic mass is 9.84. The number of carboxylic acid groups (broad SMARTS) is 1. The van der Waals surface area contributed by atoms with E-state index in [-0.39, 0.29) is 55.0 Å². The Hall–Kier alpha value is -11.2. The van der Waals surface area contributed by atoms with Crippen molar-refractivity contribution in [1.82, 2.24) is 42.5 Å². The molecule has 0 aromatic heterocycles. The minimum absolute atomic E-state index is 0.0840. The number of ether oxygens (including phenoxy) is 10. The fourth-order valence-corrected chi connectivity index (χ4v) is 17.3. The summed E-state index contributed by atoms with van der Waals surface area (Å²) in [7, 11) is 2.63. The van der Waals surface area contributed by atoms with Crippen molar-refractivity contribution < 1.29 is 142 Å². The zero-order valence-electron chi connectivity index (χ0n) is 72.3. The molecule has 42 heteroatoms. The maximum atomic E-state index is 16.6. The summed E-state index contributed by atoms with van der Waals surface area (Å²) >= 11 is 20.8.